The molecule has 0 aromatic rings. The molecule has 0 aliphatic carbocycles. The van der Waals surface area contributed by atoms with E-state index in [1.165, 1.54) is 25.7 Å². The molecule has 0 aromatic heterocycles. The van der Waals surface area contributed by atoms with Crippen LogP contribution in [0.1, 0.15) is 52.9 Å². The van der Waals surface area contributed by atoms with Crippen LogP contribution in [0.5, 0.6) is 0 Å². The second-order valence-corrected chi connectivity index (χ2v) is 5.15. The molecule has 0 saturated carbocycles. The van der Waals surface area contributed by atoms with E-state index in [0.717, 1.165) is 13.0 Å². The minimum absolute atomic E-state index is 0.339. The zero-order valence-electron chi connectivity index (χ0n) is 12.1. The van der Waals surface area contributed by atoms with E-state index in [1.807, 2.05) is 13.1 Å². The van der Waals surface area contributed by atoms with Crippen molar-refractivity contribution in [3.05, 3.63) is 24.6 Å². The van der Waals surface area contributed by atoms with Crippen LogP contribution in [-0.2, 0) is 0 Å². The first-order chi connectivity index (χ1) is 8.67. The highest BCUT2D eigenvalue weighted by atomic mass is 16.3. The Balaban J connectivity index is 2.33. The SMILES string of the molecule is C/C=C/CCCCCC1NC=C[N+]1(CC)C(C)O. The molecule has 0 bridgehead atoms. The number of aliphatic hydroxyl groups excluding tert-OH is 1. The van der Waals surface area contributed by atoms with Crippen LogP contribution in [0.3, 0.4) is 0 Å². The molecule has 3 heteroatoms. The molecule has 1 aliphatic rings. The van der Waals surface area contributed by atoms with Crippen molar-refractivity contribution < 1.29 is 9.59 Å². The molecule has 1 heterocycles. The van der Waals surface area contributed by atoms with Crippen molar-refractivity contribution in [1.29, 1.82) is 0 Å². The quantitative estimate of drug-likeness (QED) is 0.396. The normalized spacial score (nSPS) is 28.8. The van der Waals surface area contributed by atoms with Gasteiger partial charge in [0, 0.05) is 13.3 Å². The van der Waals surface area contributed by atoms with Gasteiger partial charge in [-0.3, -0.25) is 4.48 Å². The van der Waals surface area contributed by atoms with Gasteiger partial charge < -0.3 is 10.4 Å². The van der Waals surface area contributed by atoms with Crippen LogP contribution in [0.25, 0.3) is 0 Å². The summed E-state index contributed by atoms with van der Waals surface area (Å²) < 4.78 is 0.662. The maximum absolute atomic E-state index is 10.0. The van der Waals surface area contributed by atoms with Gasteiger partial charge in [0.2, 0.25) is 0 Å². The molecule has 0 saturated heterocycles. The molecule has 3 unspecified atom stereocenters. The molecule has 3 atom stereocenters. The van der Waals surface area contributed by atoms with Gasteiger partial charge in [-0.25, -0.2) is 0 Å². The number of allylic oxidation sites excluding steroid dienone is 2. The number of quaternary nitrogens is 1. The van der Waals surface area contributed by atoms with Crippen molar-refractivity contribution >= 4 is 0 Å². The van der Waals surface area contributed by atoms with E-state index >= 15 is 0 Å². The van der Waals surface area contributed by atoms with Crippen molar-refractivity contribution in [1.82, 2.24) is 5.32 Å². The first-order valence-corrected chi connectivity index (χ1v) is 7.27. The molecule has 3 nitrogen and oxygen atoms in total. The van der Waals surface area contributed by atoms with E-state index in [0.29, 0.717) is 10.6 Å². The third-order valence-corrected chi connectivity index (χ3v) is 4.05. The van der Waals surface area contributed by atoms with Gasteiger partial charge in [-0.2, -0.15) is 0 Å². The Hall–Kier alpha value is -0.800. The molecule has 2 N–H and O–H groups in total. The van der Waals surface area contributed by atoms with Crippen molar-refractivity contribution in [2.45, 2.75) is 65.3 Å². The molecule has 1 aliphatic heterocycles. The van der Waals surface area contributed by atoms with Crippen LogP contribution in [0.15, 0.2) is 24.6 Å². The fraction of sp³-hybridized carbons (Fsp3) is 0.733. The molecule has 0 spiro atoms. The number of unbranched alkanes of at least 4 members (excludes halogenated alkanes) is 3. The van der Waals surface area contributed by atoms with Gasteiger partial charge in [-0.05, 0) is 33.1 Å². The third-order valence-electron chi connectivity index (χ3n) is 4.05. The summed E-state index contributed by atoms with van der Waals surface area (Å²) in [6, 6.07) is 0. The summed E-state index contributed by atoms with van der Waals surface area (Å²) in [6.07, 6.45) is 14.5. The fourth-order valence-corrected chi connectivity index (χ4v) is 2.78. The summed E-state index contributed by atoms with van der Waals surface area (Å²) in [6.45, 7) is 7.04. The summed E-state index contributed by atoms with van der Waals surface area (Å²) in [5.41, 5.74) is 0. The monoisotopic (exact) mass is 253 g/mol. The van der Waals surface area contributed by atoms with Crippen LogP contribution in [0.4, 0.5) is 0 Å². The molecule has 0 amide bonds. The van der Waals surface area contributed by atoms with Gasteiger partial charge in [-0.15, -0.1) is 0 Å². The predicted octanol–water partition coefficient (Wildman–Crippen LogP) is 3.09. The zero-order chi connectivity index (χ0) is 13.4. The highest BCUT2D eigenvalue weighted by Crippen LogP contribution is 2.25. The highest BCUT2D eigenvalue weighted by Gasteiger charge is 2.40. The molecule has 1 rings (SSSR count). The van der Waals surface area contributed by atoms with Crippen molar-refractivity contribution in [2.75, 3.05) is 6.54 Å². The van der Waals surface area contributed by atoms with E-state index < -0.39 is 0 Å². The van der Waals surface area contributed by atoms with Gasteiger partial charge in [-0.1, -0.05) is 18.6 Å². The minimum Gasteiger partial charge on any atom is -0.345 e. The maximum Gasteiger partial charge on any atom is 0.193 e. The van der Waals surface area contributed by atoms with Crippen LogP contribution >= 0.6 is 0 Å². The molecular formula is C15H29N2O+. The summed E-state index contributed by atoms with van der Waals surface area (Å²) >= 11 is 0. The van der Waals surface area contributed by atoms with Crippen LogP contribution in [-0.4, -0.2) is 28.5 Å². The lowest BCUT2D eigenvalue weighted by Crippen LogP contribution is -2.57. The zero-order valence-corrected chi connectivity index (χ0v) is 12.1. The number of hydrogen-bond donors (Lipinski definition) is 2. The predicted molar refractivity (Wildman–Crippen MR) is 76.4 cm³/mol. The maximum atomic E-state index is 10.0. The second-order valence-electron chi connectivity index (χ2n) is 5.15. The molecular weight excluding hydrogens is 224 g/mol. The fourth-order valence-electron chi connectivity index (χ4n) is 2.78. The Morgan fingerprint density at radius 2 is 2.17 bits per heavy atom. The minimum atomic E-state index is -0.339. The lowest BCUT2D eigenvalue weighted by atomic mass is 10.1. The smallest absolute Gasteiger partial charge is 0.193 e. The summed E-state index contributed by atoms with van der Waals surface area (Å²) in [5, 5.41) is 13.4. The van der Waals surface area contributed by atoms with Crippen molar-refractivity contribution in [3.8, 4) is 0 Å². The Labute approximate surface area is 112 Å². The van der Waals surface area contributed by atoms with Crippen LogP contribution < -0.4 is 5.32 Å². The average Bonchev–Trinajstić information content (AvgIpc) is 2.77. The van der Waals surface area contributed by atoms with Gasteiger partial charge in [0.05, 0.1) is 12.7 Å². The van der Waals surface area contributed by atoms with Crippen molar-refractivity contribution in [3.63, 3.8) is 0 Å². The molecule has 0 fully saturated rings. The molecule has 18 heavy (non-hydrogen) atoms. The van der Waals surface area contributed by atoms with Crippen molar-refractivity contribution in [2.24, 2.45) is 0 Å². The highest BCUT2D eigenvalue weighted by molar-refractivity contribution is 4.84. The lowest BCUT2D eigenvalue weighted by molar-refractivity contribution is -0.942. The number of rotatable bonds is 8. The number of aliphatic hydroxyl groups is 1. The standard InChI is InChI=1S/C15H29N2O/c1-4-6-7-8-9-10-11-15-16-12-13-17(15,5-2)14(3)18/h4,6,12-16,18H,5,7-11H2,1-3H3/q+1/b6-4+. The average molecular weight is 253 g/mol. The second kappa shape index (κ2) is 7.59. The van der Waals surface area contributed by atoms with Crippen LogP contribution in [0.2, 0.25) is 0 Å². The van der Waals surface area contributed by atoms with Gasteiger partial charge in [0.1, 0.15) is 6.20 Å². The number of nitrogens with one attached hydrogen (secondary N) is 1. The van der Waals surface area contributed by atoms with Gasteiger partial charge in [0.25, 0.3) is 0 Å². The molecule has 104 valence electrons. The lowest BCUT2D eigenvalue weighted by Gasteiger charge is -2.39. The largest absolute Gasteiger partial charge is 0.345 e. The van der Waals surface area contributed by atoms with E-state index in [-0.39, 0.29) is 6.23 Å². The first-order valence-electron chi connectivity index (χ1n) is 7.27. The topological polar surface area (TPSA) is 32.3 Å². The van der Waals surface area contributed by atoms with Gasteiger partial charge in [0.15, 0.2) is 12.4 Å². The van der Waals surface area contributed by atoms with Gasteiger partial charge >= 0.3 is 0 Å². The Bertz CT molecular complexity index is 286. The van der Waals surface area contributed by atoms with E-state index in [2.05, 4.69) is 37.5 Å². The summed E-state index contributed by atoms with van der Waals surface area (Å²) in [4.78, 5) is 0. The molecule has 0 radical (unpaired) electrons. The first kappa shape index (κ1) is 15.3. The number of nitrogens with zero attached hydrogens (tertiary/aromatic N) is 1. The Morgan fingerprint density at radius 3 is 2.78 bits per heavy atom. The Kier molecular flexibility index (Phi) is 6.44. The summed E-state index contributed by atoms with van der Waals surface area (Å²) in [5.74, 6) is 0. The van der Waals surface area contributed by atoms with Crippen LogP contribution in [0, 0.1) is 0 Å². The number of hydrogen-bond acceptors (Lipinski definition) is 2. The van der Waals surface area contributed by atoms with E-state index in [1.54, 1.807) is 0 Å². The molecule has 0 aromatic carbocycles. The van der Waals surface area contributed by atoms with E-state index in [9.17, 15) is 5.11 Å². The summed E-state index contributed by atoms with van der Waals surface area (Å²) in [7, 11) is 0. The van der Waals surface area contributed by atoms with E-state index in [4.69, 9.17) is 0 Å². The Morgan fingerprint density at radius 1 is 1.39 bits per heavy atom. The third kappa shape index (κ3) is 3.59.